The van der Waals surface area contributed by atoms with E-state index < -0.39 is 22.1 Å². The van der Waals surface area contributed by atoms with Crippen molar-refractivity contribution in [2.45, 2.75) is 39.0 Å². The van der Waals surface area contributed by atoms with Crippen LogP contribution in [0.2, 0.25) is 0 Å². The number of hydrogen-bond acceptors (Lipinski definition) is 4. The molecular weight excluding hydrogens is 262 g/mol. The van der Waals surface area contributed by atoms with Gasteiger partial charge in [-0.2, -0.15) is 0 Å². The van der Waals surface area contributed by atoms with Crippen LogP contribution in [0.25, 0.3) is 0 Å². The van der Waals surface area contributed by atoms with E-state index in [1.165, 1.54) is 12.1 Å². The smallest absolute Gasteiger partial charge is 0.303 e. The largest absolute Gasteiger partial charge is 0.481 e. The quantitative estimate of drug-likeness (QED) is 0.507. The number of nitro groups is 1. The molecule has 0 amide bonds. The van der Waals surface area contributed by atoms with Gasteiger partial charge < -0.3 is 5.11 Å². The molecule has 0 unspecified atom stereocenters. The Balaban J connectivity index is 3.14. The summed E-state index contributed by atoms with van der Waals surface area (Å²) in [6.45, 7) is 5.55. The average molecular weight is 279 g/mol. The fourth-order valence-corrected chi connectivity index (χ4v) is 1.86. The second-order valence-corrected chi connectivity index (χ2v) is 5.56. The molecule has 108 valence electrons. The Labute approximate surface area is 116 Å². The number of carboxylic acid groups (broad SMARTS) is 1. The first-order valence-electron chi connectivity index (χ1n) is 6.17. The minimum Gasteiger partial charge on any atom is -0.481 e. The molecule has 0 aliphatic carbocycles. The normalized spacial score (nSPS) is 11.2. The summed E-state index contributed by atoms with van der Waals surface area (Å²) in [4.78, 5) is 32.8. The zero-order chi connectivity index (χ0) is 15.5. The number of carbonyl (C=O) groups is 2. The van der Waals surface area contributed by atoms with E-state index in [1.807, 2.05) is 20.8 Å². The van der Waals surface area contributed by atoms with Crippen LogP contribution in [0, 0.1) is 10.1 Å². The van der Waals surface area contributed by atoms with Gasteiger partial charge in [0.15, 0.2) is 5.78 Å². The van der Waals surface area contributed by atoms with Crippen LogP contribution in [0.1, 0.15) is 49.5 Å². The predicted octanol–water partition coefficient (Wildman–Crippen LogP) is 2.94. The second-order valence-electron chi connectivity index (χ2n) is 5.56. The van der Waals surface area contributed by atoms with Gasteiger partial charge in [-0.1, -0.05) is 32.9 Å². The zero-order valence-corrected chi connectivity index (χ0v) is 11.7. The third-order valence-electron chi connectivity index (χ3n) is 2.89. The summed E-state index contributed by atoms with van der Waals surface area (Å²) >= 11 is 0. The summed E-state index contributed by atoms with van der Waals surface area (Å²) in [6, 6.07) is 4.30. The van der Waals surface area contributed by atoms with E-state index in [2.05, 4.69) is 0 Å². The molecule has 0 fully saturated rings. The maximum Gasteiger partial charge on any atom is 0.303 e. The van der Waals surface area contributed by atoms with E-state index in [-0.39, 0.29) is 24.1 Å². The van der Waals surface area contributed by atoms with Crippen LogP contribution < -0.4 is 0 Å². The van der Waals surface area contributed by atoms with Crippen molar-refractivity contribution in [1.29, 1.82) is 0 Å². The molecule has 0 radical (unpaired) electrons. The van der Waals surface area contributed by atoms with Crippen molar-refractivity contribution in [2.75, 3.05) is 0 Å². The number of nitro benzene ring substituents is 1. The van der Waals surface area contributed by atoms with Crippen molar-refractivity contribution in [3.8, 4) is 0 Å². The van der Waals surface area contributed by atoms with E-state index in [9.17, 15) is 19.7 Å². The Hall–Kier alpha value is -2.24. The fraction of sp³-hybridized carbons (Fsp3) is 0.429. The van der Waals surface area contributed by atoms with Crippen LogP contribution >= 0.6 is 0 Å². The number of Topliss-reactive ketones (excluding diaryl/α,β-unsaturated/α-hetero) is 1. The molecule has 0 aromatic heterocycles. The Morgan fingerprint density at radius 1 is 1.25 bits per heavy atom. The zero-order valence-electron chi connectivity index (χ0n) is 11.7. The minimum atomic E-state index is -1.07. The van der Waals surface area contributed by atoms with Crippen LogP contribution in [0.4, 0.5) is 5.69 Å². The topological polar surface area (TPSA) is 97.5 Å². The van der Waals surface area contributed by atoms with Gasteiger partial charge >= 0.3 is 5.97 Å². The number of carboxylic acids is 1. The van der Waals surface area contributed by atoms with E-state index >= 15 is 0 Å². The summed E-state index contributed by atoms with van der Waals surface area (Å²) < 4.78 is 0. The first kappa shape index (κ1) is 15.8. The summed E-state index contributed by atoms with van der Waals surface area (Å²) in [7, 11) is 0. The number of benzene rings is 1. The summed E-state index contributed by atoms with van der Waals surface area (Å²) in [5.41, 5.74) is 0.187. The van der Waals surface area contributed by atoms with Crippen molar-refractivity contribution in [1.82, 2.24) is 0 Å². The highest BCUT2D eigenvalue weighted by Gasteiger charge is 2.26. The molecule has 0 heterocycles. The Morgan fingerprint density at radius 2 is 1.85 bits per heavy atom. The lowest BCUT2D eigenvalue weighted by atomic mass is 9.85. The molecule has 6 heteroatoms. The van der Waals surface area contributed by atoms with Crippen molar-refractivity contribution in [3.05, 3.63) is 39.4 Å². The SMILES string of the molecule is CC(C)(C)c1ccc(C(=O)CCC(=O)O)cc1[N+](=O)[O-]. The van der Waals surface area contributed by atoms with E-state index in [1.54, 1.807) is 6.07 Å². The van der Waals surface area contributed by atoms with E-state index in [0.29, 0.717) is 5.56 Å². The third kappa shape index (κ3) is 3.88. The van der Waals surface area contributed by atoms with Gasteiger partial charge in [0.2, 0.25) is 0 Å². The Bertz CT molecular complexity index is 557. The van der Waals surface area contributed by atoms with Gasteiger partial charge in [-0.25, -0.2) is 0 Å². The molecule has 6 nitrogen and oxygen atoms in total. The second kappa shape index (κ2) is 5.81. The lowest BCUT2D eigenvalue weighted by Gasteiger charge is -2.19. The molecule has 0 saturated carbocycles. The van der Waals surface area contributed by atoms with E-state index in [0.717, 1.165) is 0 Å². The van der Waals surface area contributed by atoms with Crippen LogP contribution in [0.5, 0.6) is 0 Å². The van der Waals surface area contributed by atoms with Gasteiger partial charge in [0.1, 0.15) is 0 Å². The fourth-order valence-electron chi connectivity index (χ4n) is 1.86. The van der Waals surface area contributed by atoms with Gasteiger partial charge in [0, 0.05) is 23.6 Å². The molecule has 1 N–H and O–H groups in total. The number of ketones is 1. The van der Waals surface area contributed by atoms with Gasteiger partial charge in [0.25, 0.3) is 5.69 Å². The molecule has 0 aliphatic heterocycles. The van der Waals surface area contributed by atoms with Crippen LogP contribution in [-0.4, -0.2) is 21.8 Å². The van der Waals surface area contributed by atoms with Crippen LogP contribution in [-0.2, 0) is 10.2 Å². The van der Waals surface area contributed by atoms with Gasteiger partial charge in [-0.05, 0) is 5.41 Å². The molecule has 1 aromatic rings. The highest BCUT2D eigenvalue weighted by Crippen LogP contribution is 2.32. The number of carbonyl (C=O) groups excluding carboxylic acids is 1. The van der Waals surface area contributed by atoms with Gasteiger partial charge in [0.05, 0.1) is 11.3 Å². The first-order valence-corrected chi connectivity index (χ1v) is 6.17. The molecule has 20 heavy (non-hydrogen) atoms. The summed E-state index contributed by atoms with van der Waals surface area (Å²) in [5, 5.41) is 19.7. The molecular formula is C14H17NO5. The third-order valence-corrected chi connectivity index (χ3v) is 2.89. The lowest BCUT2D eigenvalue weighted by molar-refractivity contribution is -0.386. The molecule has 1 aromatic carbocycles. The standard InChI is InChI=1S/C14H17NO5/c1-14(2,3)10-5-4-9(8-11(10)15(19)20)12(16)6-7-13(17)18/h4-5,8H,6-7H2,1-3H3,(H,17,18). The van der Waals surface area contributed by atoms with Crippen molar-refractivity contribution >= 4 is 17.4 Å². The molecule has 0 spiro atoms. The van der Waals surface area contributed by atoms with E-state index in [4.69, 9.17) is 5.11 Å². The summed E-state index contributed by atoms with van der Waals surface area (Å²) in [5.74, 6) is -1.48. The van der Waals surface area contributed by atoms with Crippen LogP contribution in [0.15, 0.2) is 18.2 Å². The molecule has 1 rings (SSSR count). The molecule has 0 atom stereocenters. The van der Waals surface area contributed by atoms with Crippen molar-refractivity contribution < 1.29 is 19.6 Å². The highest BCUT2D eigenvalue weighted by molar-refractivity contribution is 5.98. The van der Waals surface area contributed by atoms with Crippen molar-refractivity contribution in [3.63, 3.8) is 0 Å². The molecule has 0 aliphatic rings. The van der Waals surface area contributed by atoms with Gasteiger partial charge in [-0.3, -0.25) is 19.7 Å². The lowest BCUT2D eigenvalue weighted by Crippen LogP contribution is -2.14. The number of rotatable bonds is 5. The maximum atomic E-state index is 11.8. The molecule has 0 saturated heterocycles. The maximum absolute atomic E-state index is 11.8. The van der Waals surface area contributed by atoms with Crippen LogP contribution in [0.3, 0.4) is 0 Å². The van der Waals surface area contributed by atoms with Crippen molar-refractivity contribution in [2.24, 2.45) is 0 Å². The number of hydrogen-bond donors (Lipinski definition) is 1. The monoisotopic (exact) mass is 279 g/mol. The number of nitrogens with zero attached hydrogens (tertiary/aromatic N) is 1. The predicted molar refractivity (Wildman–Crippen MR) is 73.0 cm³/mol. The Morgan fingerprint density at radius 3 is 2.30 bits per heavy atom. The van der Waals surface area contributed by atoms with Gasteiger partial charge in [-0.15, -0.1) is 0 Å². The highest BCUT2D eigenvalue weighted by atomic mass is 16.6. The Kier molecular flexibility index (Phi) is 4.60. The number of aliphatic carboxylic acids is 1. The summed E-state index contributed by atoms with van der Waals surface area (Å²) in [6.07, 6.45) is -0.449. The minimum absolute atomic E-state index is 0.112. The average Bonchev–Trinajstić information content (AvgIpc) is 2.33. The molecule has 0 bridgehead atoms. The first-order chi connectivity index (χ1) is 9.12.